The molecule has 7 heterocycles. The molecule has 0 radical (unpaired) electrons. The van der Waals surface area contributed by atoms with Gasteiger partial charge in [0.25, 0.3) is 0 Å². The molecular weight excluding hydrogens is 570 g/mol. The lowest BCUT2D eigenvalue weighted by Gasteiger charge is -2.39. The predicted octanol–water partition coefficient (Wildman–Crippen LogP) is 4.04. The molecule has 12 nitrogen and oxygen atoms in total. The monoisotopic (exact) mass is 603 g/mol. The number of piperazine rings is 1. The number of hydrogen-bond acceptors (Lipinski definition) is 10. The van der Waals surface area contributed by atoms with E-state index in [1.165, 1.54) is 6.33 Å². The average molecular weight is 604 g/mol. The average Bonchev–Trinajstić information content (AvgIpc) is 3.45. The van der Waals surface area contributed by atoms with Crippen molar-refractivity contribution in [2.45, 2.75) is 13.0 Å². The summed E-state index contributed by atoms with van der Waals surface area (Å²) in [7, 11) is 2.09. The summed E-state index contributed by atoms with van der Waals surface area (Å²) in [5, 5.41) is 3.43. The third-order valence-corrected chi connectivity index (χ3v) is 8.69. The molecular formula is C33H33N9O3. The first-order valence-corrected chi connectivity index (χ1v) is 15.2. The smallest absolute Gasteiger partial charge is 0.246 e. The first-order chi connectivity index (χ1) is 22.0. The number of ether oxygens (including phenoxy) is 2. The largest absolute Gasteiger partial charge is 0.487 e. The van der Waals surface area contributed by atoms with Crippen molar-refractivity contribution in [3.8, 4) is 17.2 Å². The standard InChI is InChI=1S/C33H33N9O3/c1-21-13-23(4-5-27(21)45-25-7-9-40-10-8-34-29(40)14-25)37-32-31-26(35-20-36-32)15-28-33(38-31)41-11-12-42(24(18-41)19-44-28)30(43)6-3-22-16-39(2)17-22/h3-10,13-15,20,22,24H,11-12,16-19H2,1-2H3,(H,35,36,37)/b6-3+. The van der Waals surface area contributed by atoms with Crippen LogP contribution in [-0.4, -0.2) is 92.5 Å². The van der Waals surface area contributed by atoms with Crippen LogP contribution in [0.1, 0.15) is 5.56 Å². The van der Waals surface area contributed by atoms with Crippen molar-refractivity contribution in [2.24, 2.45) is 5.92 Å². The van der Waals surface area contributed by atoms with Crippen LogP contribution < -0.4 is 19.7 Å². The summed E-state index contributed by atoms with van der Waals surface area (Å²) in [6, 6.07) is 11.6. The number of imidazole rings is 1. The Bertz CT molecular complexity index is 1950. The van der Waals surface area contributed by atoms with E-state index in [1.807, 2.05) is 71.1 Å². The molecule has 1 aromatic carbocycles. The van der Waals surface area contributed by atoms with Gasteiger partial charge in [-0.25, -0.2) is 19.9 Å². The van der Waals surface area contributed by atoms with Gasteiger partial charge in [0, 0.05) is 75.1 Å². The van der Waals surface area contributed by atoms with Crippen LogP contribution in [0.3, 0.4) is 0 Å². The van der Waals surface area contributed by atoms with Crippen LogP contribution >= 0.6 is 0 Å². The number of carbonyl (C=O) groups excluding carboxylic acids is 1. The van der Waals surface area contributed by atoms with Crippen molar-refractivity contribution >= 4 is 39.9 Å². The van der Waals surface area contributed by atoms with Crippen LogP contribution in [0.15, 0.2) is 73.5 Å². The summed E-state index contributed by atoms with van der Waals surface area (Å²) in [5.41, 5.74) is 3.97. The molecule has 1 N–H and O–H groups in total. The third kappa shape index (κ3) is 5.27. The predicted molar refractivity (Wildman–Crippen MR) is 170 cm³/mol. The second kappa shape index (κ2) is 11.0. The van der Waals surface area contributed by atoms with E-state index in [1.54, 1.807) is 12.3 Å². The molecule has 1 unspecified atom stereocenters. The van der Waals surface area contributed by atoms with E-state index >= 15 is 0 Å². The number of carbonyl (C=O) groups is 1. The minimum absolute atomic E-state index is 0.0463. The number of anilines is 3. The number of likely N-dealkylation sites (tertiary alicyclic amines) is 1. The molecule has 1 amide bonds. The fourth-order valence-corrected chi connectivity index (χ4v) is 6.29. The van der Waals surface area contributed by atoms with E-state index in [-0.39, 0.29) is 11.9 Å². The van der Waals surface area contributed by atoms with Crippen molar-refractivity contribution in [1.29, 1.82) is 0 Å². The lowest BCUT2D eigenvalue weighted by atomic mass is 10.0. The Kier molecular flexibility index (Phi) is 6.71. The van der Waals surface area contributed by atoms with Crippen LogP contribution in [-0.2, 0) is 4.79 Å². The highest BCUT2D eigenvalue weighted by atomic mass is 16.5. The van der Waals surface area contributed by atoms with Crippen LogP contribution in [0.5, 0.6) is 17.2 Å². The number of pyridine rings is 2. The first kappa shape index (κ1) is 27.3. The topological polar surface area (TPSA) is 113 Å². The maximum atomic E-state index is 13.1. The number of rotatable bonds is 6. The molecule has 2 saturated heterocycles. The highest BCUT2D eigenvalue weighted by Crippen LogP contribution is 2.36. The summed E-state index contributed by atoms with van der Waals surface area (Å²) in [5.74, 6) is 3.99. The van der Waals surface area contributed by atoms with Crippen LogP contribution in [0.2, 0.25) is 0 Å². The molecule has 1 atom stereocenters. The van der Waals surface area contributed by atoms with Crippen molar-refractivity contribution in [3.63, 3.8) is 0 Å². The maximum absolute atomic E-state index is 13.1. The van der Waals surface area contributed by atoms with Crippen molar-refractivity contribution in [3.05, 3.63) is 79.0 Å². The van der Waals surface area contributed by atoms with E-state index < -0.39 is 0 Å². The summed E-state index contributed by atoms with van der Waals surface area (Å²) in [6.07, 6.45) is 10.9. The van der Waals surface area contributed by atoms with Crippen molar-refractivity contribution in [1.82, 2.24) is 34.1 Å². The van der Waals surface area contributed by atoms with E-state index in [0.717, 1.165) is 47.3 Å². The molecule has 4 aromatic heterocycles. The second-order valence-corrected chi connectivity index (χ2v) is 11.9. The van der Waals surface area contributed by atoms with Gasteiger partial charge in [-0.1, -0.05) is 6.08 Å². The maximum Gasteiger partial charge on any atom is 0.246 e. The number of benzene rings is 1. The lowest BCUT2D eigenvalue weighted by Crippen LogP contribution is -2.56. The van der Waals surface area contributed by atoms with Gasteiger partial charge in [-0.3, -0.25) is 4.79 Å². The highest BCUT2D eigenvalue weighted by molar-refractivity contribution is 5.90. The Labute approximate surface area is 259 Å². The molecule has 8 rings (SSSR count). The zero-order chi connectivity index (χ0) is 30.5. The van der Waals surface area contributed by atoms with E-state index in [9.17, 15) is 4.79 Å². The van der Waals surface area contributed by atoms with Gasteiger partial charge in [-0.2, -0.15) is 0 Å². The molecule has 2 bridgehead atoms. The normalized spacial score (nSPS) is 18.5. The Morgan fingerprint density at radius 3 is 2.84 bits per heavy atom. The van der Waals surface area contributed by atoms with Crippen molar-refractivity contribution < 1.29 is 14.3 Å². The van der Waals surface area contributed by atoms with Gasteiger partial charge in [-0.15, -0.1) is 0 Å². The fraction of sp³-hybridized carbons (Fsp3) is 0.303. The van der Waals surface area contributed by atoms with Gasteiger partial charge in [0.1, 0.15) is 35.6 Å². The van der Waals surface area contributed by atoms with Crippen LogP contribution in [0, 0.1) is 12.8 Å². The SMILES string of the molecule is Cc1cc(Nc2ncnc3cc4c(nc23)N2CCN(C(=O)/C=C/C3CN(C)C3)C(CO4)C2)ccc1Oc1ccn2ccnc2c1. The molecule has 228 valence electrons. The minimum atomic E-state index is -0.0636. The molecule has 0 aliphatic carbocycles. The molecule has 45 heavy (non-hydrogen) atoms. The summed E-state index contributed by atoms with van der Waals surface area (Å²) < 4.78 is 14.3. The van der Waals surface area contributed by atoms with E-state index in [2.05, 4.69) is 37.1 Å². The molecule has 2 fully saturated rings. The highest BCUT2D eigenvalue weighted by Gasteiger charge is 2.35. The van der Waals surface area contributed by atoms with E-state index in [0.29, 0.717) is 54.8 Å². The summed E-state index contributed by atoms with van der Waals surface area (Å²) in [4.78, 5) is 37.8. The number of nitrogens with one attached hydrogen (secondary N) is 1. The third-order valence-electron chi connectivity index (χ3n) is 8.69. The zero-order valence-electron chi connectivity index (χ0n) is 25.1. The van der Waals surface area contributed by atoms with Gasteiger partial charge in [0.15, 0.2) is 17.4 Å². The Morgan fingerprint density at radius 2 is 1.98 bits per heavy atom. The van der Waals surface area contributed by atoms with E-state index in [4.69, 9.17) is 14.5 Å². The zero-order valence-corrected chi connectivity index (χ0v) is 25.1. The molecule has 3 aliphatic rings. The van der Waals surface area contributed by atoms with Crippen LogP contribution in [0.4, 0.5) is 17.3 Å². The molecule has 0 spiro atoms. The number of amides is 1. The first-order valence-electron chi connectivity index (χ1n) is 15.2. The quantitative estimate of drug-likeness (QED) is 0.285. The number of fused-ring (bicyclic) bond motifs is 6. The molecule has 3 aliphatic heterocycles. The fourth-order valence-electron chi connectivity index (χ4n) is 6.29. The Morgan fingerprint density at radius 1 is 1.07 bits per heavy atom. The van der Waals surface area contributed by atoms with Gasteiger partial charge in [0.05, 0.1) is 11.6 Å². The molecule has 0 saturated carbocycles. The number of aromatic nitrogens is 5. The molecule has 12 heteroatoms. The van der Waals surface area contributed by atoms with Gasteiger partial charge in [0.2, 0.25) is 5.91 Å². The molecule has 5 aromatic rings. The van der Waals surface area contributed by atoms with Gasteiger partial charge in [-0.05, 0) is 49.9 Å². The second-order valence-electron chi connectivity index (χ2n) is 11.9. The lowest BCUT2D eigenvalue weighted by molar-refractivity contribution is -0.129. The number of aryl methyl sites for hydroxylation is 1. The summed E-state index contributed by atoms with van der Waals surface area (Å²) in [6.45, 7) is 6.35. The summed E-state index contributed by atoms with van der Waals surface area (Å²) >= 11 is 0. The van der Waals surface area contributed by atoms with Gasteiger partial charge >= 0.3 is 0 Å². The number of nitrogens with zero attached hydrogens (tertiary/aromatic N) is 8. The Balaban J connectivity index is 1.00. The number of hydrogen-bond donors (Lipinski definition) is 1. The van der Waals surface area contributed by atoms with Crippen LogP contribution in [0.25, 0.3) is 16.7 Å². The van der Waals surface area contributed by atoms with Crippen molar-refractivity contribution in [2.75, 3.05) is 56.6 Å². The van der Waals surface area contributed by atoms with Gasteiger partial charge < -0.3 is 33.9 Å². The Hall–Kier alpha value is -5.23. The minimum Gasteiger partial charge on any atom is -0.487 e.